The van der Waals surface area contributed by atoms with Crippen molar-refractivity contribution in [3.63, 3.8) is 0 Å². The Hall–Kier alpha value is -3.55. The van der Waals surface area contributed by atoms with Crippen molar-refractivity contribution < 1.29 is 0 Å². The Kier molecular flexibility index (Phi) is 6.58. The second-order valence-corrected chi connectivity index (χ2v) is 8.46. The number of benzene rings is 1. The topological polar surface area (TPSA) is 94.3 Å². The molecule has 0 amide bonds. The maximum atomic E-state index is 13.0. The summed E-state index contributed by atoms with van der Waals surface area (Å²) in [4.78, 5) is 17.7. The van der Waals surface area contributed by atoms with Gasteiger partial charge in [-0.1, -0.05) is 57.5 Å². The van der Waals surface area contributed by atoms with Crippen LogP contribution in [0, 0.1) is 5.92 Å². The monoisotopic (exact) mass is 431 g/mol. The van der Waals surface area contributed by atoms with Gasteiger partial charge >= 0.3 is 5.69 Å². The molecule has 8 heteroatoms. The first-order chi connectivity index (χ1) is 15.6. The second kappa shape index (κ2) is 9.72. The van der Waals surface area contributed by atoms with Gasteiger partial charge in [0.25, 0.3) is 0 Å². The van der Waals surface area contributed by atoms with E-state index < -0.39 is 0 Å². The van der Waals surface area contributed by atoms with Crippen molar-refractivity contribution in [1.29, 1.82) is 0 Å². The Balaban J connectivity index is 1.62. The van der Waals surface area contributed by atoms with Crippen LogP contribution >= 0.6 is 0 Å². The van der Waals surface area contributed by atoms with E-state index in [1.807, 2.05) is 57.9 Å². The maximum Gasteiger partial charge on any atom is 0.328 e. The first-order valence-electron chi connectivity index (χ1n) is 11.1. The SMILES string of the molecule is CCCCc1cn(CC(C)C)c(=O)n1Cc1ccc(-c2ccccc2-c2nn[nH]n2)cn1. The summed E-state index contributed by atoms with van der Waals surface area (Å²) in [5.41, 5.74) is 4.80. The Morgan fingerprint density at radius 1 is 1.09 bits per heavy atom. The number of aryl methyl sites for hydroxylation is 1. The zero-order valence-corrected chi connectivity index (χ0v) is 18.8. The molecular formula is C24H29N7O. The molecule has 4 aromatic rings. The van der Waals surface area contributed by atoms with Gasteiger partial charge in [-0.05, 0) is 35.6 Å². The maximum absolute atomic E-state index is 13.0. The molecule has 3 aromatic heterocycles. The van der Waals surface area contributed by atoms with Crippen LogP contribution in [0.25, 0.3) is 22.5 Å². The van der Waals surface area contributed by atoms with Crippen LogP contribution in [0.15, 0.2) is 53.6 Å². The van der Waals surface area contributed by atoms with Gasteiger partial charge in [-0.3, -0.25) is 14.1 Å². The Labute approximate surface area is 187 Å². The fraction of sp³-hybridized carbons (Fsp3) is 0.375. The number of hydrogen-bond acceptors (Lipinski definition) is 5. The number of unbranched alkanes of at least 4 members (excludes halogenated alkanes) is 1. The van der Waals surface area contributed by atoms with Gasteiger partial charge in [0.05, 0.1) is 12.2 Å². The average Bonchev–Trinajstić information content (AvgIpc) is 3.43. The molecule has 0 saturated heterocycles. The minimum absolute atomic E-state index is 0.0399. The van der Waals surface area contributed by atoms with E-state index in [4.69, 9.17) is 0 Å². The van der Waals surface area contributed by atoms with Crippen LogP contribution in [0.5, 0.6) is 0 Å². The fourth-order valence-corrected chi connectivity index (χ4v) is 3.88. The smallest absolute Gasteiger partial charge is 0.299 e. The van der Waals surface area contributed by atoms with E-state index in [0.717, 1.165) is 53.9 Å². The highest BCUT2D eigenvalue weighted by molar-refractivity contribution is 5.79. The molecule has 0 unspecified atom stereocenters. The third kappa shape index (κ3) is 4.69. The van der Waals surface area contributed by atoms with E-state index in [2.05, 4.69) is 46.4 Å². The average molecular weight is 432 g/mol. The van der Waals surface area contributed by atoms with Gasteiger partial charge < -0.3 is 0 Å². The van der Waals surface area contributed by atoms with Crippen LogP contribution in [0.3, 0.4) is 0 Å². The molecule has 0 fully saturated rings. The summed E-state index contributed by atoms with van der Waals surface area (Å²) in [5, 5.41) is 14.4. The molecule has 166 valence electrons. The zero-order valence-electron chi connectivity index (χ0n) is 18.8. The predicted molar refractivity (Wildman–Crippen MR) is 124 cm³/mol. The van der Waals surface area contributed by atoms with E-state index in [1.165, 1.54) is 0 Å². The van der Waals surface area contributed by atoms with Crippen molar-refractivity contribution in [1.82, 2.24) is 34.7 Å². The van der Waals surface area contributed by atoms with Crippen LogP contribution in [0.2, 0.25) is 0 Å². The minimum Gasteiger partial charge on any atom is -0.299 e. The van der Waals surface area contributed by atoms with Crippen LogP contribution in [0.4, 0.5) is 0 Å². The molecule has 32 heavy (non-hydrogen) atoms. The standard InChI is InChI=1S/C24H29N7O/c1-4-5-8-20-16-30(14-17(2)3)24(32)31(20)15-19-12-11-18(13-25-19)21-9-6-7-10-22(21)23-26-28-29-27-23/h6-7,9-13,16-17H,4-5,8,14-15H2,1-3H3,(H,26,27,28,29). The molecule has 0 atom stereocenters. The van der Waals surface area contributed by atoms with E-state index in [1.54, 1.807) is 0 Å². The lowest BCUT2D eigenvalue weighted by Crippen LogP contribution is -2.27. The van der Waals surface area contributed by atoms with E-state index >= 15 is 0 Å². The molecule has 0 aliphatic heterocycles. The number of nitrogens with zero attached hydrogens (tertiary/aromatic N) is 6. The van der Waals surface area contributed by atoms with Gasteiger partial charge in [-0.15, -0.1) is 10.2 Å². The lowest BCUT2D eigenvalue weighted by atomic mass is 10.0. The molecule has 0 saturated carbocycles. The van der Waals surface area contributed by atoms with Crippen molar-refractivity contribution in [2.45, 2.75) is 53.1 Å². The van der Waals surface area contributed by atoms with Gasteiger partial charge in [0.1, 0.15) is 0 Å². The molecule has 0 radical (unpaired) electrons. The number of rotatable bonds is 9. The Morgan fingerprint density at radius 3 is 2.56 bits per heavy atom. The van der Waals surface area contributed by atoms with Crippen LogP contribution in [-0.2, 0) is 19.5 Å². The number of nitrogens with one attached hydrogen (secondary N) is 1. The predicted octanol–water partition coefficient (Wildman–Crippen LogP) is 3.94. The molecular weight excluding hydrogens is 402 g/mol. The summed E-state index contributed by atoms with van der Waals surface area (Å²) in [6.45, 7) is 7.62. The van der Waals surface area contributed by atoms with Gasteiger partial charge in [0.2, 0.25) is 5.82 Å². The first-order valence-corrected chi connectivity index (χ1v) is 11.1. The van der Waals surface area contributed by atoms with E-state index in [0.29, 0.717) is 18.3 Å². The summed E-state index contributed by atoms with van der Waals surface area (Å²) in [5.74, 6) is 0.961. The second-order valence-electron chi connectivity index (χ2n) is 8.46. The normalized spacial score (nSPS) is 11.4. The summed E-state index contributed by atoms with van der Waals surface area (Å²) < 4.78 is 3.71. The highest BCUT2D eigenvalue weighted by Gasteiger charge is 2.14. The van der Waals surface area contributed by atoms with Crippen LogP contribution < -0.4 is 5.69 Å². The number of pyridine rings is 1. The first kappa shape index (κ1) is 21.7. The summed E-state index contributed by atoms with van der Waals surface area (Å²) in [6, 6.07) is 11.9. The van der Waals surface area contributed by atoms with Crippen LogP contribution in [0.1, 0.15) is 45.0 Å². The number of H-pyrrole nitrogens is 1. The fourth-order valence-electron chi connectivity index (χ4n) is 3.88. The van der Waals surface area contributed by atoms with Gasteiger partial charge in [0, 0.05) is 35.8 Å². The molecule has 1 aromatic carbocycles. The number of aromatic nitrogens is 7. The van der Waals surface area contributed by atoms with E-state index in [-0.39, 0.29) is 5.69 Å². The minimum atomic E-state index is 0.0399. The third-order valence-electron chi connectivity index (χ3n) is 5.45. The number of aromatic amines is 1. The zero-order chi connectivity index (χ0) is 22.5. The molecule has 1 N–H and O–H groups in total. The van der Waals surface area contributed by atoms with Crippen molar-refractivity contribution in [3.05, 3.63) is 70.7 Å². The number of imidazole rings is 1. The Morgan fingerprint density at radius 2 is 1.91 bits per heavy atom. The van der Waals surface area contributed by atoms with Gasteiger partial charge in [0.15, 0.2) is 0 Å². The lowest BCUT2D eigenvalue weighted by Gasteiger charge is -2.09. The molecule has 0 aliphatic carbocycles. The number of tetrazole rings is 1. The molecule has 3 heterocycles. The summed E-state index contributed by atoms with van der Waals surface area (Å²) in [6.07, 6.45) is 6.91. The molecule has 8 nitrogen and oxygen atoms in total. The van der Waals surface area contributed by atoms with Crippen molar-refractivity contribution in [2.24, 2.45) is 5.92 Å². The van der Waals surface area contributed by atoms with Crippen LogP contribution in [-0.4, -0.2) is 34.7 Å². The summed E-state index contributed by atoms with van der Waals surface area (Å²) in [7, 11) is 0. The van der Waals surface area contributed by atoms with Crippen molar-refractivity contribution in [3.8, 4) is 22.5 Å². The van der Waals surface area contributed by atoms with Crippen molar-refractivity contribution in [2.75, 3.05) is 0 Å². The molecule has 0 spiro atoms. The van der Waals surface area contributed by atoms with Gasteiger partial charge in [-0.25, -0.2) is 4.79 Å². The Bertz CT molecular complexity index is 1200. The van der Waals surface area contributed by atoms with Crippen molar-refractivity contribution >= 4 is 0 Å². The quantitative estimate of drug-likeness (QED) is 0.433. The molecule has 4 rings (SSSR count). The van der Waals surface area contributed by atoms with Gasteiger partial charge in [-0.2, -0.15) is 5.21 Å². The molecule has 0 aliphatic rings. The number of hydrogen-bond donors (Lipinski definition) is 1. The lowest BCUT2D eigenvalue weighted by molar-refractivity contribution is 0.503. The highest BCUT2D eigenvalue weighted by atomic mass is 16.1. The highest BCUT2D eigenvalue weighted by Crippen LogP contribution is 2.29. The summed E-state index contributed by atoms with van der Waals surface area (Å²) >= 11 is 0. The third-order valence-corrected chi connectivity index (χ3v) is 5.45. The largest absolute Gasteiger partial charge is 0.328 e. The van der Waals surface area contributed by atoms with E-state index in [9.17, 15) is 4.79 Å². The molecule has 0 bridgehead atoms.